The van der Waals surface area contributed by atoms with Crippen molar-refractivity contribution in [3.8, 4) is 17.2 Å². The first-order chi connectivity index (χ1) is 18.4. The Bertz CT molecular complexity index is 1400. The lowest BCUT2D eigenvalue weighted by atomic mass is 9.90. The van der Waals surface area contributed by atoms with Gasteiger partial charge < -0.3 is 14.2 Å². The predicted octanol–water partition coefficient (Wildman–Crippen LogP) is 4.12. The van der Waals surface area contributed by atoms with Crippen LogP contribution in [-0.2, 0) is 9.59 Å². The van der Waals surface area contributed by atoms with Crippen LogP contribution >= 0.6 is 15.9 Å². The highest BCUT2D eigenvalue weighted by molar-refractivity contribution is 9.10. The van der Waals surface area contributed by atoms with Crippen LogP contribution in [0, 0.1) is 5.92 Å². The molecule has 0 radical (unpaired) electrons. The minimum Gasteiger partial charge on any atom is -0.497 e. The Hall–Kier alpha value is -3.89. The molecule has 38 heavy (non-hydrogen) atoms. The van der Waals surface area contributed by atoms with Crippen molar-refractivity contribution in [3.63, 3.8) is 0 Å². The molecule has 2 saturated heterocycles. The Morgan fingerprint density at radius 2 is 1.68 bits per heavy atom. The molecule has 0 saturated carbocycles. The van der Waals surface area contributed by atoms with E-state index in [1.807, 2.05) is 6.92 Å². The second-order valence-corrected chi connectivity index (χ2v) is 9.73. The topological polar surface area (TPSA) is 97.4 Å². The van der Waals surface area contributed by atoms with Crippen molar-refractivity contribution in [2.24, 2.45) is 5.92 Å². The molecule has 0 aromatic heterocycles. The molecular weight excluding hydrogens is 554 g/mol. The van der Waals surface area contributed by atoms with Gasteiger partial charge in [0.1, 0.15) is 23.3 Å². The van der Waals surface area contributed by atoms with Crippen LogP contribution in [0.5, 0.6) is 17.2 Å². The standard InChI is InChI=1S/C28H26BrN3O6/c1-4-38-19-10-8-18(9-11-19)31-27(34)23-24(21-15-20(36-2)12-13-22(21)37-3)30-32(25(23)28(31)35)26(33)16-6-5-7-17(29)14-16/h5-15,23-25,30H,4H2,1-3H3/t23-,24+,25+/m1/s1. The SMILES string of the molecule is CCOc1ccc(N2C(=O)[C@H]3[C@@H](C2=O)N(C(=O)c2cccc(Br)c2)N[C@H]3c2cc(OC)ccc2OC)cc1. The lowest BCUT2D eigenvalue weighted by molar-refractivity contribution is -0.123. The number of rotatable bonds is 7. The van der Waals surface area contributed by atoms with Crippen molar-refractivity contribution in [3.05, 3.63) is 82.3 Å². The van der Waals surface area contributed by atoms with E-state index >= 15 is 0 Å². The van der Waals surface area contributed by atoms with Crippen molar-refractivity contribution in [1.29, 1.82) is 0 Å². The minimum absolute atomic E-state index is 0.364. The highest BCUT2D eigenvalue weighted by atomic mass is 79.9. The molecule has 0 unspecified atom stereocenters. The van der Waals surface area contributed by atoms with Gasteiger partial charge in [0.25, 0.3) is 11.8 Å². The van der Waals surface area contributed by atoms with Gasteiger partial charge in [0.2, 0.25) is 5.91 Å². The zero-order valence-corrected chi connectivity index (χ0v) is 22.6. The molecule has 10 heteroatoms. The van der Waals surface area contributed by atoms with Crippen molar-refractivity contribution in [1.82, 2.24) is 10.4 Å². The van der Waals surface area contributed by atoms with Crippen LogP contribution in [0.4, 0.5) is 5.69 Å². The number of hydrazine groups is 1. The lowest BCUT2D eigenvalue weighted by Crippen LogP contribution is -2.48. The molecule has 2 aliphatic rings. The molecule has 2 aliphatic heterocycles. The van der Waals surface area contributed by atoms with E-state index in [0.717, 1.165) is 9.37 Å². The predicted molar refractivity (Wildman–Crippen MR) is 143 cm³/mol. The maximum atomic E-state index is 13.9. The second-order valence-electron chi connectivity index (χ2n) is 8.81. The van der Waals surface area contributed by atoms with Crippen molar-refractivity contribution in [2.45, 2.75) is 19.0 Å². The Morgan fingerprint density at radius 3 is 2.34 bits per heavy atom. The van der Waals surface area contributed by atoms with Gasteiger partial charge in [0.05, 0.1) is 38.5 Å². The number of benzene rings is 3. The fourth-order valence-electron chi connectivity index (χ4n) is 4.99. The summed E-state index contributed by atoms with van der Waals surface area (Å²) in [7, 11) is 3.06. The van der Waals surface area contributed by atoms with E-state index < -0.39 is 35.7 Å². The summed E-state index contributed by atoms with van der Waals surface area (Å²) in [6, 6.07) is 17.0. The summed E-state index contributed by atoms with van der Waals surface area (Å²) in [5.41, 5.74) is 4.53. The third kappa shape index (κ3) is 4.39. The Morgan fingerprint density at radius 1 is 0.947 bits per heavy atom. The fourth-order valence-corrected chi connectivity index (χ4v) is 5.39. The highest BCUT2D eigenvalue weighted by Gasteiger charge is 2.61. The summed E-state index contributed by atoms with van der Waals surface area (Å²) >= 11 is 3.40. The van der Waals surface area contributed by atoms with Crippen molar-refractivity contribution >= 4 is 39.3 Å². The molecule has 3 atom stereocenters. The van der Waals surface area contributed by atoms with Crippen LogP contribution in [0.15, 0.2) is 71.2 Å². The van der Waals surface area contributed by atoms with Gasteiger partial charge in [-0.15, -0.1) is 0 Å². The molecule has 0 aliphatic carbocycles. The zero-order valence-electron chi connectivity index (χ0n) is 21.0. The maximum Gasteiger partial charge on any atom is 0.268 e. The molecule has 2 fully saturated rings. The monoisotopic (exact) mass is 579 g/mol. The van der Waals surface area contributed by atoms with Crippen LogP contribution in [0.3, 0.4) is 0 Å². The summed E-state index contributed by atoms with van der Waals surface area (Å²) in [4.78, 5) is 42.6. The fraction of sp³-hybridized carbons (Fsp3) is 0.250. The molecule has 3 aromatic carbocycles. The van der Waals surface area contributed by atoms with E-state index in [-0.39, 0.29) is 0 Å². The zero-order chi connectivity index (χ0) is 27.0. The number of ether oxygens (including phenoxy) is 3. The molecule has 1 N–H and O–H groups in total. The molecule has 0 bridgehead atoms. The summed E-state index contributed by atoms with van der Waals surface area (Å²) < 4.78 is 17.2. The summed E-state index contributed by atoms with van der Waals surface area (Å²) in [5.74, 6) is -0.565. The summed E-state index contributed by atoms with van der Waals surface area (Å²) in [6.07, 6.45) is 0. The van der Waals surface area contributed by atoms with Crippen LogP contribution in [0.25, 0.3) is 0 Å². The number of carbonyl (C=O) groups is 3. The quantitative estimate of drug-likeness (QED) is 0.420. The van der Waals surface area contributed by atoms with Crippen LogP contribution in [0.1, 0.15) is 28.9 Å². The number of halogens is 1. The summed E-state index contributed by atoms with van der Waals surface area (Å²) in [5, 5.41) is 1.27. The number of hydrogen-bond acceptors (Lipinski definition) is 7. The molecule has 5 rings (SSSR count). The Balaban J connectivity index is 1.59. The van der Waals surface area contributed by atoms with Crippen LogP contribution in [0.2, 0.25) is 0 Å². The number of nitrogens with zero attached hydrogens (tertiary/aromatic N) is 2. The number of imide groups is 1. The van der Waals surface area contributed by atoms with E-state index in [0.29, 0.717) is 40.7 Å². The average molecular weight is 580 g/mol. The number of carbonyl (C=O) groups excluding carboxylic acids is 3. The van der Waals surface area contributed by atoms with Gasteiger partial charge in [-0.2, -0.15) is 0 Å². The first-order valence-electron chi connectivity index (χ1n) is 12.1. The number of hydrogen-bond donors (Lipinski definition) is 1. The second kappa shape index (κ2) is 10.5. The number of amides is 3. The minimum atomic E-state index is -1.07. The van der Waals surface area contributed by atoms with Crippen molar-refractivity contribution in [2.75, 3.05) is 25.7 Å². The van der Waals surface area contributed by atoms with E-state index in [2.05, 4.69) is 21.4 Å². The van der Waals surface area contributed by atoms with Gasteiger partial charge in [-0.05, 0) is 67.6 Å². The molecule has 9 nitrogen and oxygen atoms in total. The van der Waals surface area contributed by atoms with Crippen LogP contribution < -0.4 is 24.5 Å². The van der Waals surface area contributed by atoms with Crippen LogP contribution in [-0.4, -0.2) is 49.6 Å². The van der Waals surface area contributed by atoms with Gasteiger partial charge in [-0.25, -0.2) is 10.3 Å². The van der Waals surface area contributed by atoms with E-state index in [4.69, 9.17) is 14.2 Å². The molecule has 3 amide bonds. The van der Waals surface area contributed by atoms with E-state index in [9.17, 15) is 14.4 Å². The number of methoxy groups -OCH3 is 2. The maximum absolute atomic E-state index is 13.9. The smallest absolute Gasteiger partial charge is 0.268 e. The number of fused-ring (bicyclic) bond motifs is 1. The van der Waals surface area contributed by atoms with E-state index in [1.165, 1.54) is 19.2 Å². The molecule has 196 valence electrons. The Labute approximate surface area is 228 Å². The van der Waals surface area contributed by atoms with Gasteiger partial charge in [0, 0.05) is 15.6 Å². The van der Waals surface area contributed by atoms with E-state index in [1.54, 1.807) is 66.7 Å². The highest BCUT2D eigenvalue weighted by Crippen LogP contribution is 2.45. The van der Waals surface area contributed by atoms with Gasteiger partial charge in [-0.3, -0.25) is 19.4 Å². The summed E-state index contributed by atoms with van der Waals surface area (Å²) in [6.45, 7) is 2.37. The number of nitrogens with one attached hydrogen (secondary N) is 1. The first-order valence-corrected chi connectivity index (χ1v) is 12.8. The average Bonchev–Trinajstić information content (AvgIpc) is 3.45. The largest absolute Gasteiger partial charge is 0.497 e. The molecule has 0 spiro atoms. The molecular formula is C28H26BrN3O6. The van der Waals surface area contributed by atoms with Gasteiger partial charge in [-0.1, -0.05) is 22.0 Å². The molecule has 3 aromatic rings. The van der Waals surface area contributed by atoms with Gasteiger partial charge in [0.15, 0.2) is 0 Å². The first kappa shape index (κ1) is 25.7. The van der Waals surface area contributed by atoms with Gasteiger partial charge >= 0.3 is 0 Å². The Kier molecular flexibility index (Phi) is 7.09. The molecule has 2 heterocycles. The third-order valence-corrected chi connectivity index (χ3v) is 7.20. The van der Waals surface area contributed by atoms with Crippen molar-refractivity contribution < 1.29 is 28.6 Å². The normalized spacial score (nSPS) is 20.5. The third-order valence-electron chi connectivity index (χ3n) is 6.70. The number of anilines is 1. The lowest BCUT2D eigenvalue weighted by Gasteiger charge is -2.26.